The lowest BCUT2D eigenvalue weighted by Crippen LogP contribution is -2.46. The van der Waals surface area contributed by atoms with Gasteiger partial charge >= 0.3 is 6.18 Å². The maximum absolute atomic E-state index is 13.2. The summed E-state index contributed by atoms with van der Waals surface area (Å²) in [5.41, 5.74) is 7.65. The smallest absolute Gasteiger partial charge is 0.330 e. The molecule has 1 aromatic heterocycles. The van der Waals surface area contributed by atoms with Crippen LogP contribution in [0.4, 0.5) is 19.0 Å². The van der Waals surface area contributed by atoms with Gasteiger partial charge in [-0.1, -0.05) is 23.7 Å². The van der Waals surface area contributed by atoms with Gasteiger partial charge in [0.2, 0.25) is 0 Å². The highest BCUT2D eigenvalue weighted by atomic mass is 35.5. The third-order valence-corrected chi connectivity index (χ3v) is 5.69. The number of aryl methyl sites for hydroxylation is 1. The molecule has 0 saturated heterocycles. The maximum atomic E-state index is 13.2. The average Bonchev–Trinajstić information content (AvgIpc) is 3.13. The molecule has 1 amide bonds. The number of anilines is 1. The molecule has 1 atom stereocenters. The molecule has 2 N–H and O–H groups in total. The van der Waals surface area contributed by atoms with Crippen molar-refractivity contribution in [2.45, 2.75) is 32.5 Å². The number of benzene rings is 1. The van der Waals surface area contributed by atoms with Gasteiger partial charge in [0, 0.05) is 19.2 Å². The number of hydrazine groups is 2. The van der Waals surface area contributed by atoms with Gasteiger partial charge in [-0.25, -0.2) is 9.99 Å². The molecule has 3 heterocycles. The lowest BCUT2D eigenvalue weighted by molar-refractivity contribution is -0.137. The quantitative estimate of drug-likeness (QED) is 0.742. The molecule has 2 aliphatic heterocycles. The minimum atomic E-state index is -4.63. The summed E-state index contributed by atoms with van der Waals surface area (Å²) < 4.78 is 39.5. The topological polar surface area (TPSA) is 60.5 Å². The highest BCUT2D eigenvalue weighted by Crippen LogP contribution is 2.37. The SMILES string of the molecule is Cc1ccc(N2NNC3=C2CCN(C(=O)c2cccc(C(F)(F)F)c2Cl)[C@H]3C)nc1. The van der Waals surface area contributed by atoms with Crippen molar-refractivity contribution in [3.8, 4) is 0 Å². The number of amides is 1. The summed E-state index contributed by atoms with van der Waals surface area (Å²) in [6, 6.07) is 6.81. The van der Waals surface area contributed by atoms with Crippen molar-refractivity contribution in [2.24, 2.45) is 0 Å². The van der Waals surface area contributed by atoms with Crippen molar-refractivity contribution < 1.29 is 18.0 Å². The monoisotopic (exact) mass is 437 g/mol. The Morgan fingerprint density at radius 1 is 1.27 bits per heavy atom. The van der Waals surface area contributed by atoms with E-state index in [4.69, 9.17) is 11.6 Å². The van der Waals surface area contributed by atoms with Gasteiger partial charge in [0.25, 0.3) is 5.91 Å². The van der Waals surface area contributed by atoms with Crippen molar-refractivity contribution >= 4 is 23.3 Å². The van der Waals surface area contributed by atoms with Gasteiger partial charge in [0.15, 0.2) is 0 Å². The molecule has 6 nitrogen and oxygen atoms in total. The molecule has 2 aliphatic rings. The third kappa shape index (κ3) is 3.48. The molecule has 0 spiro atoms. The first-order chi connectivity index (χ1) is 14.2. The van der Waals surface area contributed by atoms with Crippen LogP contribution in [0.3, 0.4) is 0 Å². The van der Waals surface area contributed by atoms with Gasteiger partial charge in [0.1, 0.15) is 5.82 Å². The Bertz CT molecular complexity index is 1020. The number of hydrogen-bond acceptors (Lipinski definition) is 5. The first-order valence-electron chi connectivity index (χ1n) is 9.32. The number of aromatic nitrogens is 1. The Balaban J connectivity index is 1.61. The summed E-state index contributed by atoms with van der Waals surface area (Å²) in [6.45, 7) is 4.09. The molecule has 30 heavy (non-hydrogen) atoms. The van der Waals surface area contributed by atoms with Crippen LogP contribution in [-0.2, 0) is 6.18 Å². The Labute approximate surface area is 176 Å². The fourth-order valence-electron chi connectivity index (χ4n) is 3.68. The van der Waals surface area contributed by atoms with Crippen molar-refractivity contribution in [2.75, 3.05) is 11.6 Å². The predicted molar refractivity (Wildman–Crippen MR) is 106 cm³/mol. The van der Waals surface area contributed by atoms with Crippen molar-refractivity contribution in [3.63, 3.8) is 0 Å². The van der Waals surface area contributed by atoms with Gasteiger partial charge in [-0.2, -0.15) is 13.2 Å². The zero-order valence-electron chi connectivity index (χ0n) is 16.2. The van der Waals surface area contributed by atoms with Crippen LogP contribution >= 0.6 is 11.6 Å². The molecule has 2 aromatic rings. The van der Waals surface area contributed by atoms with E-state index in [2.05, 4.69) is 15.9 Å². The van der Waals surface area contributed by atoms with Gasteiger partial charge in [-0.3, -0.25) is 4.79 Å². The lowest BCUT2D eigenvalue weighted by Gasteiger charge is -2.35. The van der Waals surface area contributed by atoms with E-state index in [1.165, 1.54) is 17.0 Å². The molecule has 0 radical (unpaired) electrons. The summed E-state index contributed by atoms with van der Waals surface area (Å²) in [4.78, 5) is 19.0. The van der Waals surface area contributed by atoms with Gasteiger partial charge in [-0.15, -0.1) is 5.53 Å². The van der Waals surface area contributed by atoms with E-state index in [1.807, 2.05) is 31.0 Å². The fourth-order valence-corrected chi connectivity index (χ4v) is 3.99. The number of carbonyl (C=O) groups is 1. The van der Waals surface area contributed by atoms with Crippen LogP contribution in [0, 0.1) is 6.92 Å². The molecular weight excluding hydrogens is 419 g/mol. The maximum Gasteiger partial charge on any atom is 0.417 e. The van der Waals surface area contributed by atoms with Crippen LogP contribution in [-0.4, -0.2) is 28.4 Å². The minimum absolute atomic E-state index is 0.162. The lowest BCUT2D eigenvalue weighted by atomic mass is 10.0. The second-order valence-electron chi connectivity index (χ2n) is 7.22. The highest BCUT2D eigenvalue weighted by molar-refractivity contribution is 6.34. The van der Waals surface area contributed by atoms with Crippen molar-refractivity contribution in [1.29, 1.82) is 0 Å². The van der Waals surface area contributed by atoms with E-state index >= 15 is 0 Å². The van der Waals surface area contributed by atoms with Crippen molar-refractivity contribution in [3.05, 3.63) is 69.6 Å². The second kappa shape index (κ2) is 7.48. The Kier molecular flexibility index (Phi) is 5.11. The van der Waals surface area contributed by atoms with E-state index in [9.17, 15) is 18.0 Å². The molecule has 1 aromatic carbocycles. The van der Waals surface area contributed by atoms with Gasteiger partial charge in [0.05, 0.1) is 33.6 Å². The zero-order valence-corrected chi connectivity index (χ0v) is 17.0. The minimum Gasteiger partial charge on any atom is -0.330 e. The van der Waals surface area contributed by atoms with Crippen LogP contribution in [0.15, 0.2) is 47.9 Å². The summed E-state index contributed by atoms with van der Waals surface area (Å²) in [5.74, 6) is 0.157. The van der Waals surface area contributed by atoms with Gasteiger partial charge in [-0.05, 0) is 37.6 Å². The van der Waals surface area contributed by atoms with Crippen LogP contribution in [0.1, 0.15) is 34.8 Å². The average molecular weight is 438 g/mol. The number of nitrogens with zero attached hydrogens (tertiary/aromatic N) is 3. The van der Waals surface area contributed by atoms with E-state index in [0.717, 1.165) is 23.0 Å². The number of carbonyl (C=O) groups excluding carboxylic acids is 1. The van der Waals surface area contributed by atoms with Crippen molar-refractivity contribution in [1.82, 2.24) is 20.8 Å². The van der Waals surface area contributed by atoms with E-state index in [0.29, 0.717) is 18.8 Å². The Morgan fingerprint density at radius 3 is 2.70 bits per heavy atom. The van der Waals surface area contributed by atoms with Crippen LogP contribution in [0.5, 0.6) is 0 Å². The largest absolute Gasteiger partial charge is 0.417 e. The summed E-state index contributed by atoms with van der Waals surface area (Å²) in [5, 5.41) is 1.23. The Hall–Kier alpha value is -2.78. The Morgan fingerprint density at radius 2 is 2.03 bits per heavy atom. The summed E-state index contributed by atoms with van der Waals surface area (Å²) in [7, 11) is 0. The van der Waals surface area contributed by atoms with E-state index in [1.54, 1.807) is 6.20 Å². The molecular formula is C20H19ClF3N5O. The fraction of sp³-hybridized carbons (Fsp3) is 0.300. The molecule has 10 heteroatoms. The third-order valence-electron chi connectivity index (χ3n) is 5.28. The second-order valence-corrected chi connectivity index (χ2v) is 7.59. The summed E-state index contributed by atoms with van der Waals surface area (Å²) >= 11 is 5.96. The van der Waals surface area contributed by atoms with Crippen LogP contribution < -0.4 is 16.0 Å². The number of rotatable bonds is 2. The first-order valence-corrected chi connectivity index (χ1v) is 9.70. The number of hydrogen-bond donors (Lipinski definition) is 2. The van der Waals surface area contributed by atoms with E-state index < -0.39 is 28.7 Å². The summed E-state index contributed by atoms with van der Waals surface area (Å²) in [6.07, 6.45) is -2.38. The predicted octanol–water partition coefficient (Wildman–Crippen LogP) is 4.04. The molecule has 0 fully saturated rings. The highest BCUT2D eigenvalue weighted by Gasteiger charge is 2.39. The molecule has 0 saturated carbocycles. The zero-order chi connectivity index (χ0) is 21.6. The number of pyridine rings is 1. The first kappa shape index (κ1) is 20.5. The number of nitrogens with one attached hydrogen (secondary N) is 2. The standard InChI is InChI=1S/C20H19ClF3N5O/c1-11-6-7-16(25-10-11)29-15-8-9-28(12(2)18(15)26-27-29)19(30)13-4-3-5-14(17(13)21)20(22,23)24/h3-7,10,12,26-27H,8-9H2,1-2H3/t12-/m0/s1. The normalized spacial score (nSPS) is 19.1. The van der Waals surface area contributed by atoms with Crippen LogP contribution in [0.25, 0.3) is 0 Å². The molecule has 0 unspecified atom stereocenters. The van der Waals surface area contributed by atoms with Gasteiger partial charge < -0.3 is 10.3 Å². The van der Waals surface area contributed by atoms with Crippen LogP contribution in [0.2, 0.25) is 5.02 Å². The molecule has 0 aliphatic carbocycles. The molecule has 158 valence electrons. The molecule has 0 bridgehead atoms. The molecule has 4 rings (SSSR count). The number of alkyl halides is 3. The number of halogens is 4. The van der Waals surface area contributed by atoms with E-state index in [-0.39, 0.29) is 5.56 Å².